The summed E-state index contributed by atoms with van der Waals surface area (Å²) in [5, 5.41) is 0. The number of rotatable bonds is 2. The molecule has 0 aliphatic heterocycles. The van der Waals surface area contributed by atoms with Crippen molar-refractivity contribution in [2.45, 2.75) is 20.8 Å². The van der Waals surface area contributed by atoms with E-state index in [0.29, 0.717) is 0 Å². The number of carbonyl (C=O) groups excluding carboxylic acids is 1. The summed E-state index contributed by atoms with van der Waals surface area (Å²) in [6.45, 7) is 5.61. The minimum atomic E-state index is 0.121. The van der Waals surface area contributed by atoms with Crippen LogP contribution in [-0.2, 0) is 0 Å². The molecule has 82 valence electrons. The minimum Gasteiger partial charge on any atom is -0.318 e. The van der Waals surface area contributed by atoms with Gasteiger partial charge in [-0.15, -0.1) is 0 Å². The normalized spacial score (nSPS) is 10.4. The fourth-order valence-electron chi connectivity index (χ4n) is 2.09. The third kappa shape index (κ3) is 1.67. The average molecular weight is 213 g/mol. The van der Waals surface area contributed by atoms with Crippen LogP contribution >= 0.6 is 0 Å². The first kappa shape index (κ1) is 10.7. The molecular weight excluding hydrogens is 198 g/mol. The van der Waals surface area contributed by atoms with E-state index < -0.39 is 0 Å². The Morgan fingerprint density at radius 2 is 1.75 bits per heavy atom. The molecule has 0 radical (unpaired) electrons. The van der Waals surface area contributed by atoms with Gasteiger partial charge in [-0.25, -0.2) is 0 Å². The van der Waals surface area contributed by atoms with Crippen LogP contribution in [0.2, 0.25) is 0 Å². The third-order valence-electron chi connectivity index (χ3n) is 2.82. The highest BCUT2D eigenvalue weighted by molar-refractivity contribution is 5.95. The molecule has 0 unspecified atom stereocenters. The van der Waals surface area contributed by atoms with Crippen molar-refractivity contribution >= 4 is 5.78 Å². The molecule has 1 heterocycles. The van der Waals surface area contributed by atoms with Crippen LogP contribution in [0.1, 0.15) is 28.7 Å². The number of aryl methyl sites for hydroxylation is 1. The van der Waals surface area contributed by atoms with Crippen LogP contribution in [0.25, 0.3) is 5.69 Å². The smallest absolute Gasteiger partial charge is 0.161 e. The second kappa shape index (κ2) is 3.97. The summed E-state index contributed by atoms with van der Waals surface area (Å²) in [5.41, 5.74) is 4.01. The van der Waals surface area contributed by atoms with Crippen molar-refractivity contribution in [2.75, 3.05) is 0 Å². The van der Waals surface area contributed by atoms with Crippen molar-refractivity contribution in [1.82, 2.24) is 4.57 Å². The Morgan fingerprint density at radius 1 is 1.12 bits per heavy atom. The number of hydrogen-bond donors (Lipinski definition) is 0. The van der Waals surface area contributed by atoms with Crippen molar-refractivity contribution < 1.29 is 4.79 Å². The van der Waals surface area contributed by atoms with Gasteiger partial charge in [0.05, 0.1) is 0 Å². The standard InChI is InChI=1S/C14H15NO/c1-10-9-14(12(3)16)11(2)15(10)13-7-5-4-6-8-13/h4-9H,1-3H3. The highest BCUT2D eigenvalue weighted by atomic mass is 16.1. The van der Waals surface area contributed by atoms with Gasteiger partial charge < -0.3 is 4.57 Å². The number of ketones is 1. The fraction of sp³-hybridized carbons (Fsp3) is 0.214. The van der Waals surface area contributed by atoms with E-state index in [-0.39, 0.29) is 5.78 Å². The van der Waals surface area contributed by atoms with Crippen LogP contribution in [0.4, 0.5) is 0 Å². The Morgan fingerprint density at radius 3 is 2.25 bits per heavy atom. The molecule has 0 fully saturated rings. The Bertz CT molecular complexity index is 523. The first-order valence-corrected chi connectivity index (χ1v) is 5.36. The third-order valence-corrected chi connectivity index (χ3v) is 2.82. The van der Waals surface area contributed by atoms with E-state index in [4.69, 9.17) is 0 Å². The van der Waals surface area contributed by atoms with Crippen molar-refractivity contribution in [2.24, 2.45) is 0 Å². The Labute approximate surface area is 95.5 Å². The van der Waals surface area contributed by atoms with Crippen LogP contribution < -0.4 is 0 Å². The quantitative estimate of drug-likeness (QED) is 0.701. The van der Waals surface area contributed by atoms with Gasteiger partial charge in [0.2, 0.25) is 0 Å². The van der Waals surface area contributed by atoms with Gasteiger partial charge in [-0.05, 0) is 39.0 Å². The lowest BCUT2D eigenvalue weighted by Crippen LogP contribution is -2.00. The second-order valence-corrected chi connectivity index (χ2v) is 4.01. The number of Topliss-reactive ketones (excluding diaryl/α,β-unsaturated/α-hetero) is 1. The molecule has 2 heteroatoms. The molecule has 0 amide bonds. The van der Waals surface area contributed by atoms with Crippen molar-refractivity contribution in [1.29, 1.82) is 0 Å². The Balaban J connectivity index is 2.63. The lowest BCUT2D eigenvalue weighted by molar-refractivity contribution is 0.101. The van der Waals surface area contributed by atoms with Crippen molar-refractivity contribution in [3.05, 3.63) is 53.3 Å². The van der Waals surface area contributed by atoms with Crippen LogP contribution in [0.5, 0.6) is 0 Å². The zero-order chi connectivity index (χ0) is 11.7. The maximum Gasteiger partial charge on any atom is 0.161 e. The summed E-state index contributed by atoms with van der Waals surface area (Å²) in [5.74, 6) is 0.121. The maximum atomic E-state index is 11.4. The zero-order valence-corrected chi connectivity index (χ0v) is 9.82. The topological polar surface area (TPSA) is 22.0 Å². The highest BCUT2D eigenvalue weighted by Gasteiger charge is 2.12. The number of aromatic nitrogens is 1. The lowest BCUT2D eigenvalue weighted by Gasteiger charge is -2.09. The summed E-state index contributed by atoms with van der Waals surface area (Å²) in [6, 6.07) is 12.0. The largest absolute Gasteiger partial charge is 0.318 e. The number of carbonyl (C=O) groups is 1. The number of para-hydroxylation sites is 1. The summed E-state index contributed by atoms with van der Waals surface area (Å²) >= 11 is 0. The van der Waals surface area contributed by atoms with Crippen LogP contribution in [0.3, 0.4) is 0 Å². The number of benzene rings is 1. The van der Waals surface area contributed by atoms with Gasteiger partial charge in [0, 0.05) is 22.6 Å². The SMILES string of the molecule is CC(=O)c1cc(C)n(-c2ccccc2)c1C. The van der Waals surface area contributed by atoms with Crippen LogP contribution in [0, 0.1) is 13.8 Å². The molecule has 1 aromatic heterocycles. The Hall–Kier alpha value is -1.83. The summed E-state index contributed by atoms with van der Waals surface area (Å²) in [6.07, 6.45) is 0. The minimum absolute atomic E-state index is 0.121. The molecule has 0 N–H and O–H groups in total. The van der Waals surface area contributed by atoms with E-state index in [2.05, 4.69) is 4.57 Å². The molecule has 0 saturated heterocycles. The fourth-order valence-corrected chi connectivity index (χ4v) is 2.09. The van der Waals surface area contributed by atoms with E-state index in [1.165, 1.54) is 0 Å². The van der Waals surface area contributed by atoms with E-state index in [0.717, 1.165) is 22.6 Å². The molecule has 2 nitrogen and oxygen atoms in total. The van der Waals surface area contributed by atoms with Gasteiger partial charge in [0.25, 0.3) is 0 Å². The van der Waals surface area contributed by atoms with Crippen molar-refractivity contribution in [3.63, 3.8) is 0 Å². The Kier molecular flexibility index (Phi) is 2.65. The molecule has 2 rings (SSSR count). The molecule has 0 atom stereocenters. The van der Waals surface area contributed by atoms with E-state index in [1.807, 2.05) is 50.2 Å². The number of hydrogen-bond acceptors (Lipinski definition) is 1. The summed E-state index contributed by atoms with van der Waals surface area (Å²) in [7, 11) is 0. The molecule has 0 bridgehead atoms. The highest BCUT2D eigenvalue weighted by Crippen LogP contribution is 2.20. The molecule has 0 saturated carbocycles. The molecule has 1 aromatic carbocycles. The summed E-state index contributed by atoms with van der Waals surface area (Å²) < 4.78 is 2.11. The monoisotopic (exact) mass is 213 g/mol. The van der Waals surface area contributed by atoms with Gasteiger partial charge in [-0.3, -0.25) is 4.79 Å². The maximum absolute atomic E-state index is 11.4. The van der Waals surface area contributed by atoms with Gasteiger partial charge in [0.1, 0.15) is 0 Å². The van der Waals surface area contributed by atoms with E-state index >= 15 is 0 Å². The first-order valence-electron chi connectivity index (χ1n) is 5.36. The average Bonchev–Trinajstić information content (AvgIpc) is 2.56. The predicted molar refractivity (Wildman–Crippen MR) is 65.2 cm³/mol. The van der Waals surface area contributed by atoms with Crippen molar-refractivity contribution in [3.8, 4) is 5.69 Å². The predicted octanol–water partition coefficient (Wildman–Crippen LogP) is 3.30. The molecule has 0 spiro atoms. The molecule has 0 aliphatic rings. The second-order valence-electron chi connectivity index (χ2n) is 4.01. The molecular formula is C14H15NO. The zero-order valence-electron chi connectivity index (χ0n) is 9.82. The van der Waals surface area contributed by atoms with Gasteiger partial charge in [0.15, 0.2) is 5.78 Å². The first-order chi connectivity index (χ1) is 7.61. The van der Waals surface area contributed by atoms with Gasteiger partial charge >= 0.3 is 0 Å². The molecule has 16 heavy (non-hydrogen) atoms. The molecule has 0 aliphatic carbocycles. The van der Waals surface area contributed by atoms with Crippen LogP contribution in [0.15, 0.2) is 36.4 Å². The number of nitrogens with zero attached hydrogens (tertiary/aromatic N) is 1. The van der Waals surface area contributed by atoms with E-state index in [9.17, 15) is 4.79 Å². The van der Waals surface area contributed by atoms with Gasteiger partial charge in [-0.1, -0.05) is 18.2 Å². The lowest BCUT2D eigenvalue weighted by atomic mass is 10.2. The molecule has 2 aromatic rings. The van der Waals surface area contributed by atoms with Gasteiger partial charge in [-0.2, -0.15) is 0 Å². The van der Waals surface area contributed by atoms with E-state index in [1.54, 1.807) is 6.92 Å². The van der Waals surface area contributed by atoms with Crippen LogP contribution in [-0.4, -0.2) is 10.4 Å². The summed E-state index contributed by atoms with van der Waals surface area (Å²) in [4.78, 5) is 11.4.